The van der Waals surface area contributed by atoms with Crippen LogP contribution in [0.3, 0.4) is 0 Å². The highest BCUT2D eigenvalue weighted by Gasteiger charge is 2.20. The van der Waals surface area contributed by atoms with Gasteiger partial charge in [-0.3, -0.25) is 4.90 Å². The number of rotatable bonds is 2. The molecule has 0 aliphatic carbocycles. The number of piperazine rings is 1. The van der Waals surface area contributed by atoms with Crippen molar-refractivity contribution in [1.82, 2.24) is 10.2 Å². The molecule has 0 aromatic heterocycles. The Balaban J connectivity index is 0.00000144. The van der Waals surface area contributed by atoms with Gasteiger partial charge in [-0.1, -0.05) is 22.0 Å². The number of halogens is 3. The highest BCUT2D eigenvalue weighted by Crippen LogP contribution is 2.30. The highest BCUT2D eigenvalue weighted by atomic mass is 79.9. The van der Waals surface area contributed by atoms with E-state index in [4.69, 9.17) is 0 Å². The van der Waals surface area contributed by atoms with E-state index in [1.165, 1.54) is 0 Å². The number of benzene rings is 1. The lowest BCUT2D eigenvalue weighted by Crippen LogP contribution is -2.44. The van der Waals surface area contributed by atoms with Gasteiger partial charge < -0.3 is 10.4 Å². The Hall–Kier alpha value is -0.000000000000000111. The molecule has 0 saturated carbocycles. The average Bonchev–Trinajstić information content (AvgIpc) is 2.29. The van der Waals surface area contributed by atoms with Gasteiger partial charge in [-0.2, -0.15) is 0 Å². The van der Waals surface area contributed by atoms with Gasteiger partial charge in [-0.25, -0.2) is 0 Å². The van der Waals surface area contributed by atoms with Gasteiger partial charge in [-0.15, -0.1) is 24.8 Å². The van der Waals surface area contributed by atoms with Crippen molar-refractivity contribution < 1.29 is 5.11 Å². The summed E-state index contributed by atoms with van der Waals surface area (Å²) in [6, 6.07) is 6.00. The van der Waals surface area contributed by atoms with E-state index in [1.807, 2.05) is 12.1 Å². The number of phenols is 1. The number of hydrogen-bond donors (Lipinski definition) is 2. The maximum Gasteiger partial charge on any atom is 0.121 e. The van der Waals surface area contributed by atoms with Crippen LogP contribution >= 0.6 is 40.7 Å². The molecule has 1 saturated heterocycles. The predicted molar refractivity (Wildman–Crippen MR) is 83.2 cm³/mol. The topological polar surface area (TPSA) is 35.5 Å². The van der Waals surface area contributed by atoms with Gasteiger partial charge in [0.25, 0.3) is 0 Å². The zero-order chi connectivity index (χ0) is 11.5. The third kappa shape index (κ3) is 4.28. The van der Waals surface area contributed by atoms with Crippen molar-refractivity contribution in [2.24, 2.45) is 0 Å². The highest BCUT2D eigenvalue weighted by molar-refractivity contribution is 9.10. The van der Waals surface area contributed by atoms with Crippen LogP contribution in [0.25, 0.3) is 0 Å². The molecule has 2 N–H and O–H groups in total. The van der Waals surface area contributed by atoms with Crippen LogP contribution in [0.5, 0.6) is 5.75 Å². The standard InChI is InChI=1S/C12H17BrN2O.2ClH/c1-9(15-6-4-14-5-7-15)11-3-2-10(13)8-12(11)16;;/h2-3,8-9,14,16H,4-7H2,1H3;2*1H/t9-;;/m1../s1. The fourth-order valence-electron chi connectivity index (χ4n) is 2.14. The minimum Gasteiger partial charge on any atom is -0.508 e. The Morgan fingerprint density at radius 2 is 1.89 bits per heavy atom. The van der Waals surface area contributed by atoms with Crippen LogP contribution in [0.4, 0.5) is 0 Å². The molecule has 1 aromatic carbocycles. The molecule has 1 aromatic rings. The molecular weight excluding hydrogens is 339 g/mol. The van der Waals surface area contributed by atoms with Crippen molar-refractivity contribution in [3.8, 4) is 5.75 Å². The van der Waals surface area contributed by atoms with E-state index in [9.17, 15) is 5.11 Å². The largest absolute Gasteiger partial charge is 0.508 e. The molecule has 0 radical (unpaired) electrons. The first-order chi connectivity index (χ1) is 7.68. The second kappa shape index (κ2) is 8.23. The molecule has 18 heavy (non-hydrogen) atoms. The molecule has 0 amide bonds. The Kier molecular flexibility index (Phi) is 8.23. The van der Waals surface area contributed by atoms with Crippen molar-refractivity contribution in [2.45, 2.75) is 13.0 Å². The number of nitrogens with one attached hydrogen (secondary N) is 1. The van der Waals surface area contributed by atoms with Gasteiger partial charge >= 0.3 is 0 Å². The van der Waals surface area contributed by atoms with Gasteiger partial charge in [0.15, 0.2) is 0 Å². The van der Waals surface area contributed by atoms with Gasteiger partial charge in [-0.05, 0) is 19.1 Å². The Bertz CT molecular complexity index is 373. The zero-order valence-electron chi connectivity index (χ0n) is 10.2. The van der Waals surface area contributed by atoms with E-state index in [0.717, 1.165) is 36.2 Å². The summed E-state index contributed by atoms with van der Waals surface area (Å²) in [5.41, 5.74) is 1.00. The van der Waals surface area contributed by atoms with Gasteiger partial charge in [0.1, 0.15) is 5.75 Å². The van der Waals surface area contributed by atoms with Crippen molar-refractivity contribution >= 4 is 40.7 Å². The molecule has 104 valence electrons. The normalized spacial score (nSPS) is 17.4. The summed E-state index contributed by atoms with van der Waals surface area (Å²) >= 11 is 3.36. The van der Waals surface area contributed by atoms with Crippen LogP contribution in [-0.2, 0) is 0 Å². The first-order valence-electron chi connectivity index (χ1n) is 5.61. The lowest BCUT2D eigenvalue weighted by Gasteiger charge is -2.33. The smallest absolute Gasteiger partial charge is 0.121 e. The van der Waals surface area contributed by atoms with Crippen molar-refractivity contribution in [3.63, 3.8) is 0 Å². The Labute approximate surface area is 129 Å². The second-order valence-corrected chi connectivity index (χ2v) is 5.08. The third-order valence-electron chi connectivity index (χ3n) is 3.14. The van der Waals surface area contributed by atoms with E-state index in [1.54, 1.807) is 6.07 Å². The van der Waals surface area contributed by atoms with E-state index in [0.29, 0.717) is 5.75 Å². The molecule has 0 spiro atoms. The number of hydrogen-bond acceptors (Lipinski definition) is 3. The van der Waals surface area contributed by atoms with E-state index < -0.39 is 0 Å². The van der Waals surface area contributed by atoms with Crippen molar-refractivity contribution in [3.05, 3.63) is 28.2 Å². The van der Waals surface area contributed by atoms with Crippen LogP contribution < -0.4 is 5.32 Å². The second-order valence-electron chi connectivity index (χ2n) is 4.17. The molecular formula is C12H19BrCl2N2O. The Morgan fingerprint density at radius 1 is 1.28 bits per heavy atom. The summed E-state index contributed by atoms with van der Waals surface area (Å²) in [5, 5.41) is 13.3. The maximum absolute atomic E-state index is 9.92. The number of phenolic OH excluding ortho intramolecular Hbond substituents is 1. The molecule has 1 aliphatic rings. The van der Waals surface area contributed by atoms with Crippen LogP contribution in [-0.4, -0.2) is 36.2 Å². The fraction of sp³-hybridized carbons (Fsp3) is 0.500. The Morgan fingerprint density at radius 3 is 2.44 bits per heavy atom. The van der Waals surface area contributed by atoms with E-state index in [-0.39, 0.29) is 30.9 Å². The monoisotopic (exact) mass is 356 g/mol. The molecule has 0 unspecified atom stereocenters. The molecule has 1 heterocycles. The first-order valence-corrected chi connectivity index (χ1v) is 6.41. The van der Waals surface area contributed by atoms with E-state index >= 15 is 0 Å². The third-order valence-corrected chi connectivity index (χ3v) is 3.64. The molecule has 2 rings (SSSR count). The quantitative estimate of drug-likeness (QED) is 0.854. The maximum atomic E-state index is 9.92. The van der Waals surface area contributed by atoms with Crippen molar-refractivity contribution in [1.29, 1.82) is 0 Å². The molecule has 1 fully saturated rings. The summed E-state index contributed by atoms with van der Waals surface area (Å²) in [6.07, 6.45) is 0. The average molecular weight is 358 g/mol. The van der Waals surface area contributed by atoms with Crippen LogP contribution in [0.15, 0.2) is 22.7 Å². The van der Waals surface area contributed by atoms with Gasteiger partial charge in [0.2, 0.25) is 0 Å². The summed E-state index contributed by atoms with van der Waals surface area (Å²) in [7, 11) is 0. The van der Waals surface area contributed by atoms with Gasteiger partial charge in [0, 0.05) is 42.3 Å². The van der Waals surface area contributed by atoms with Crippen LogP contribution in [0, 0.1) is 0 Å². The molecule has 0 bridgehead atoms. The number of aromatic hydroxyl groups is 1. The summed E-state index contributed by atoms with van der Waals surface area (Å²) in [4.78, 5) is 2.39. The molecule has 1 atom stereocenters. The van der Waals surface area contributed by atoms with Gasteiger partial charge in [0.05, 0.1) is 0 Å². The lowest BCUT2D eigenvalue weighted by atomic mass is 10.1. The molecule has 3 nitrogen and oxygen atoms in total. The summed E-state index contributed by atoms with van der Waals surface area (Å²) < 4.78 is 0.918. The summed E-state index contributed by atoms with van der Waals surface area (Å²) in [5.74, 6) is 0.375. The predicted octanol–water partition coefficient (Wildman–Crippen LogP) is 2.96. The first kappa shape index (κ1) is 18.0. The molecule has 6 heteroatoms. The fourth-order valence-corrected chi connectivity index (χ4v) is 2.49. The van der Waals surface area contributed by atoms with Crippen LogP contribution in [0.1, 0.15) is 18.5 Å². The van der Waals surface area contributed by atoms with Crippen LogP contribution in [0.2, 0.25) is 0 Å². The van der Waals surface area contributed by atoms with Crippen molar-refractivity contribution in [2.75, 3.05) is 26.2 Å². The minimum absolute atomic E-state index is 0. The number of nitrogens with zero attached hydrogens (tertiary/aromatic N) is 1. The lowest BCUT2D eigenvalue weighted by molar-refractivity contribution is 0.183. The molecule has 1 aliphatic heterocycles. The minimum atomic E-state index is 0. The summed E-state index contributed by atoms with van der Waals surface area (Å²) in [6.45, 7) is 6.28. The van der Waals surface area contributed by atoms with E-state index in [2.05, 4.69) is 33.1 Å². The zero-order valence-corrected chi connectivity index (χ0v) is 13.4. The SMILES string of the molecule is C[C@H](c1ccc(Br)cc1O)N1CCNCC1.Cl.Cl.